The number of nitrogens with zero attached hydrogens (tertiary/aromatic N) is 1. The molecule has 0 bridgehead atoms. The molecule has 1 saturated carbocycles. The van der Waals surface area contributed by atoms with E-state index in [9.17, 15) is 0 Å². The molecule has 1 N–H and O–H groups in total. The predicted octanol–water partition coefficient (Wildman–Crippen LogP) is 4.22. The van der Waals surface area contributed by atoms with Crippen molar-refractivity contribution in [1.29, 1.82) is 0 Å². The van der Waals surface area contributed by atoms with Crippen LogP contribution in [0.25, 0.3) is 0 Å². The summed E-state index contributed by atoms with van der Waals surface area (Å²) in [6.07, 6.45) is 7.90. The quantitative estimate of drug-likeness (QED) is 0.833. The van der Waals surface area contributed by atoms with Gasteiger partial charge in [0.2, 0.25) is 0 Å². The Balaban J connectivity index is 2.30. The SMILES string of the molecule is CCC1C(C)CCC(C(C)C)C1c1ncc[nH]1. The minimum absolute atomic E-state index is 0.638. The largest absolute Gasteiger partial charge is 0.348 e. The van der Waals surface area contributed by atoms with Crippen LogP contribution in [0.3, 0.4) is 0 Å². The number of aromatic nitrogens is 2. The van der Waals surface area contributed by atoms with Gasteiger partial charge in [-0.1, -0.05) is 40.5 Å². The highest BCUT2D eigenvalue weighted by atomic mass is 14.9. The molecule has 96 valence electrons. The van der Waals surface area contributed by atoms with Crippen LogP contribution in [-0.4, -0.2) is 9.97 Å². The van der Waals surface area contributed by atoms with Crippen molar-refractivity contribution in [3.8, 4) is 0 Å². The first-order valence-corrected chi connectivity index (χ1v) is 7.14. The van der Waals surface area contributed by atoms with Gasteiger partial charge in [-0.2, -0.15) is 0 Å². The molecule has 1 heterocycles. The molecule has 0 saturated heterocycles. The van der Waals surface area contributed by atoms with Crippen molar-refractivity contribution in [1.82, 2.24) is 9.97 Å². The summed E-state index contributed by atoms with van der Waals surface area (Å²) >= 11 is 0. The average Bonchev–Trinajstić information content (AvgIpc) is 2.81. The lowest BCUT2D eigenvalue weighted by molar-refractivity contribution is 0.113. The summed E-state index contributed by atoms with van der Waals surface area (Å²) in [7, 11) is 0. The zero-order valence-electron chi connectivity index (χ0n) is 11.6. The Kier molecular flexibility index (Phi) is 3.90. The van der Waals surface area contributed by atoms with Crippen molar-refractivity contribution in [2.24, 2.45) is 23.7 Å². The number of nitrogens with one attached hydrogen (secondary N) is 1. The summed E-state index contributed by atoms with van der Waals surface area (Å²) in [5.41, 5.74) is 0. The molecular weight excluding hydrogens is 208 g/mol. The Bertz CT molecular complexity index is 327. The molecule has 0 spiro atoms. The standard InChI is InChI=1S/C15H26N2/c1-5-12-11(4)6-7-13(10(2)3)14(12)15-16-8-9-17-15/h8-14H,5-7H2,1-4H3,(H,16,17). The second kappa shape index (κ2) is 5.24. The van der Waals surface area contributed by atoms with E-state index >= 15 is 0 Å². The predicted molar refractivity (Wildman–Crippen MR) is 71.8 cm³/mol. The number of aromatic amines is 1. The van der Waals surface area contributed by atoms with Crippen molar-refractivity contribution in [2.75, 3.05) is 0 Å². The lowest BCUT2D eigenvalue weighted by Gasteiger charge is -2.42. The normalized spacial score (nSPS) is 34.2. The third-order valence-electron chi connectivity index (χ3n) is 4.77. The van der Waals surface area contributed by atoms with Gasteiger partial charge in [-0.05, 0) is 30.1 Å². The minimum atomic E-state index is 0.638. The Hall–Kier alpha value is -0.790. The fraction of sp³-hybridized carbons (Fsp3) is 0.800. The molecule has 0 radical (unpaired) electrons. The van der Waals surface area contributed by atoms with E-state index in [-0.39, 0.29) is 0 Å². The van der Waals surface area contributed by atoms with E-state index in [0.717, 1.165) is 23.7 Å². The fourth-order valence-electron chi connectivity index (χ4n) is 3.79. The highest BCUT2D eigenvalue weighted by Crippen LogP contribution is 2.47. The van der Waals surface area contributed by atoms with Crippen molar-refractivity contribution >= 4 is 0 Å². The van der Waals surface area contributed by atoms with Crippen LogP contribution in [0.2, 0.25) is 0 Å². The number of hydrogen-bond acceptors (Lipinski definition) is 1. The number of imidazole rings is 1. The zero-order chi connectivity index (χ0) is 12.4. The number of H-pyrrole nitrogens is 1. The average molecular weight is 234 g/mol. The van der Waals surface area contributed by atoms with E-state index in [0.29, 0.717) is 5.92 Å². The first-order chi connectivity index (χ1) is 8.15. The Labute approximate surface area is 105 Å². The van der Waals surface area contributed by atoms with Gasteiger partial charge in [0, 0.05) is 18.3 Å². The molecule has 2 heteroatoms. The second-order valence-electron chi connectivity index (χ2n) is 6.03. The molecule has 1 aliphatic carbocycles. The fourth-order valence-corrected chi connectivity index (χ4v) is 3.79. The minimum Gasteiger partial charge on any atom is -0.348 e. The molecule has 1 aromatic rings. The molecule has 0 aliphatic heterocycles. The highest BCUT2D eigenvalue weighted by Gasteiger charge is 2.39. The Morgan fingerprint density at radius 1 is 1.41 bits per heavy atom. The maximum Gasteiger partial charge on any atom is 0.109 e. The summed E-state index contributed by atoms with van der Waals surface area (Å²) in [5, 5.41) is 0. The van der Waals surface area contributed by atoms with E-state index in [4.69, 9.17) is 0 Å². The molecule has 2 nitrogen and oxygen atoms in total. The first kappa shape index (κ1) is 12.7. The molecule has 4 atom stereocenters. The van der Waals surface area contributed by atoms with Gasteiger partial charge >= 0.3 is 0 Å². The van der Waals surface area contributed by atoms with Gasteiger partial charge < -0.3 is 4.98 Å². The van der Waals surface area contributed by atoms with E-state index in [2.05, 4.69) is 37.7 Å². The van der Waals surface area contributed by atoms with Gasteiger partial charge in [0.25, 0.3) is 0 Å². The maximum atomic E-state index is 4.55. The Morgan fingerprint density at radius 3 is 2.71 bits per heavy atom. The molecule has 17 heavy (non-hydrogen) atoms. The van der Waals surface area contributed by atoms with Crippen LogP contribution in [0, 0.1) is 23.7 Å². The van der Waals surface area contributed by atoms with Gasteiger partial charge in [-0.3, -0.25) is 0 Å². The van der Waals surface area contributed by atoms with Gasteiger partial charge in [0.05, 0.1) is 0 Å². The van der Waals surface area contributed by atoms with Crippen LogP contribution in [-0.2, 0) is 0 Å². The van der Waals surface area contributed by atoms with Crippen LogP contribution in [0.1, 0.15) is 58.7 Å². The first-order valence-electron chi connectivity index (χ1n) is 7.14. The third kappa shape index (κ3) is 2.41. The molecule has 1 aliphatic rings. The third-order valence-corrected chi connectivity index (χ3v) is 4.77. The number of hydrogen-bond donors (Lipinski definition) is 1. The summed E-state index contributed by atoms with van der Waals surface area (Å²) < 4.78 is 0. The lowest BCUT2D eigenvalue weighted by atomic mass is 9.63. The summed E-state index contributed by atoms with van der Waals surface area (Å²) in [4.78, 5) is 7.92. The van der Waals surface area contributed by atoms with Crippen molar-refractivity contribution in [3.63, 3.8) is 0 Å². The monoisotopic (exact) mass is 234 g/mol. The van der Waals surface area contributed by atoms with E-state index in [1.54, 1.807) is 0 Å². The van der Waals surface area contributed by atoms with Crippen LogP contribution in [0.4, 0.5) is 0 Å². The van der Waals surface area contributed by atoms with Gasteiger partial charge in [0.15, 0.2) is 0 Å². The van der Waals surface area contributed by atoms with E-state index in [1.165, 1.54) is 25.1 Å². The Morgan fingerprint density at radius 2 is 2.18 bits per heavy atom. The lowest BCUT2D eigenvalue weighted by Crippen LogP contribution is -2.34. The highest BCUT2D eigenvalue weighted by molar-refractivity contribution is 5.06. The topological polar surface area (TPSA) is 28.7 Å². The van der Waals surface area contributed by atoms with Crippen molar-refractivity contribution in [3.05, 3.63) is 18.2 Å². The van der Waals surface area contributed by atoms with Crippen LogP contribution in [0.15, 0.2) is 12.4 Å². The molecule has 4 unspecified atom stereocenters. The van der Waals surface area contributed by atoms with Gasteiger partial charge in [0.1, 0.15) is 5.82 Å². The maximum absolute atomic E-state index is 4.55. The van der Waals surface area contributed by atoms with Crippen molar-refractivity contribution < 1.29 is 0 Å². The summed E-state index contributed by atoms with van der Waals surface area (Å²) in [5.74, 6) is 5.04. The zero-order valence-corrected chi connectivity index (χ0v) is 11.6. The second-order valence-corrected chi connectivity index (χ2v) is 6.03. The molecule has 1 aromatic heterocycles. The van der Waals surface area contributed by atoms with E-state index in [1.807, 2.05) is 12.4 Å². The van der Waals surface area contributed by atoms with E-state index < -0.39 is 0 Å². The molecule has 1 fully saturated rings. The smallest absolute Gasteiger partial charge is 0.109 e. The molecular formula is C15H26N2. The van der Waals surface area contributed by atoms with Crippen molar-refractivity contribution in [2.45, 2.75) is 52.9 Å². The summed E-state index contributed by atoms with van der Waals surface area (Å²) in [6, 6.07) is 0. The molecule has 0 aromatic carbocycles. The van der Waals surface area contributed by atoms with Gasteiger partial charge in [-0.25, -0.2) is 4.98 Å². The van der Waals surface area contributed by atoms with Crippen LogP contribution in [0.5, 0.6) is 0 Å². The summed E-state index contributed by atoms with van der Waals surface area (Å²) in [6.45, 7) is 9.48. The van der Waals surface area contributed by atoms with Crippen LogP contribution >= 0.6 is 0 Å². The van der Waals surface area contributed by atoms with Crippen LogP contribution < -0.4 is 0 Å². The van der Waals surface area contributed by atoms with Gasteiger partial charge in [-0.15, -0.1) is 0 Å². The molecule has 0 amide bonds. The number of rotatable bonds is 3. The molecule has 2 rings (SSSR count).